The molecule has 11 heteroatoms. The summed E-state index contributed by atoms with van der Waals surface area (Å²) in [6.07, 6.45) is 8.30. The summed E-state index contributed by atoms with van der Waals surface area (Å²) in [7, 11) is -3.31. The van der Waals surface area contributed by atoms with Crippen LogP contribution in [0.1, 0.15) is 6.92 Å². The average molecular weight is 441 g/mol. The smallest absolute Gasteiger partial charge is 0.196 e. The van der Waals surface area contributed by atoms with Crippen LogP contribution in [0.4, 0.5) is 10.9 Å². The van der Waals surface area contributed by atoms with Crippen molar-refractivity contribution in [3.05, 3.63) is 49.2 Å². The van der Waals surface area contributed by atoms with Crippen LogP contribution in [0.15, 0.2) is 53.4 Å². The molecule has 0 aliphatic rings. The van der Waals surface area contributed by atoms with Gasteiger partial charge in [0.05, 0.1) is 23.8 Å². The van der Waals surface area contributed by atoms with Crippen molar-refractivity contribution in [2.45, 2.75) is 11.1 Å². The number of imidazole rings is 1. The number of anilines is 2. The van der Waals surface area contributed by atoms with E-state index in [-0.39, 0.29) is 15.8 Å². The molecule has 0 aliphatic carbocycles. The normalized spacial score (nSPS) is 12.0. The van der Waals surface area contributed by atoms with Crippen molar-refractivity contribution in [3.63, 3.8) is 0 Å². The topological polar surface area (TPSA) is 125 Å². The van der Waals surface area contributed by atoms with Gasteiger partial charge in [-0.15, -0.1) is 0 Å². The zero-order valence-corrected chi connectivity index (χ0v) is 17.3. The number of H-pyrrole nitrogens is 1. The van der Waals surface area contributed by atoms with E-state index in [2.05, 4.69) is 25.3 Å². The van der Waals surface area contributed by atoms with E-state index in [4.69, 9.17) is 0 Å². The Kier molecular flexibility index (Phi) is 4.22. The number of nitrogens with zero attached hydrogens (tertiary/aromatic N) is 4. The van der Waals surface area contributed by atoms with Gasteiger partial charge in [-0.3, -0.25) is 4.40 Å². The minimum absolute atomic E-state index is 0.0232. The third-order valence-corrected chi connectivity index (χ3v) is 7.99. The Bertz CT molecular complexity index is 1500. The molecule has 152 valence electrons. The highest BCUT2D eigenvalue weighted by molar-refractivity contribution is 7.93. The Balaban J connectivity index is 1.54. The number of hydrogen-bond donors (Lipinski definition) is 3. The fourth-order valence-corrected chi connectivity index (χ4v) is 5.35. The molecule has 0 unspecified atom stereocenters. The van der Waals surface area contributed by atoms with Gasteiger partial charge < -0.3 is 15.4 Å². The molecule has 3 N–H and O–H groups in total. The summed E-state index contributed by atoms with van der Waals surface area (Å²) in [6.45, 7) is 1.60. The van der Waals surface area contributed by atoms with E-state index in [0.29, 0.717) is 16.6 Å². The van der Waals surface area contributed by atoms with Gasteiger partial charge in [0.15, 0.2) is 32.3 Å². The first-order valence-electron chi connectivity index (χ1n) is 9.04. The Morgan fingerprint density at radius 3 is 2.93 bits per heavy atom. The number of nitrogens with one attached hydrogen (secondary N) is 2. The molecule has 5 rings (SSSR count). The van der Waals surface area contributed by atoms with Gasteiger partial charge in [-0.1, -0.05) is 24.3 Å². The van der Waals surface area contributed by atoms with Gasteiger partial charge >= 0.3 is 0 Å². The maximum atomic E-state index is 12.0. The van der Waals surface area contributed by atoms with Crippen LogP contribution in [0.3, 0.4) is 0 Å². The van der Waals surface area contributed by atoms with Crippen LogP contribution in [0.5, 0.6) is 5.88 Å². The van der Waals surface area contributed by atoms with Crippen molar-refractivity contribution in [1.29, 1.82) is 0 Å². The van der Waals surface area contributed by atoms with Gasteiger partial charge in [0.1, 0.15) is 4.21 Å². The predicted octanol–water partition coefficient (Wildman–Crippen LogP) is 3.58. The molecule has 5 aromatic rings. The summed E-state index contributed by atoms with van der Waals surface area (Å²) in [6, 6.07) is 5.71. The highest BCUT2D eigenvalue weighted by Gasteiger charge is 2.17. The van der Waals surface area contributed by atoms with Crippen LogP contribution >= 0.6 is 11.3 Å². The molecular formula is C19H16N6O3S2. The molecule has 4 aromatic heterocycles. The van der Waals surface area contributed by atoms with E-state index in [1.807, 2.05) is 28.8 Å². The predicted molar refractivity (Wildman–Crippen MR) is 115 cm³/mol. The van der Waals surface area contributed by atoms with Crippen LogP contribution in [-0.4, -0.2) is 43.6 Å². The average Bonchev–Trinajstić information content (AvgIpc) is 3.48. The first kappa shape index (κ1) is 18.6. The van der Waals surface area contributed by atoms with Crippen molar-refractivity contribution in [1.82, 2.24) is 24.3 Å². The van der Waals surface area contributed by atoms with Crippen LogP contribution in [0.25, 0.3) is 27.7 Å². The lowest BCUT2D eigenvalue weighted by Gasteiger charge is -2.09. The molecule has 30 heavy (non-hydrogen) atoms. The maximum absolute atomic E-state index is 12.0. The van der Waals surface area contributed by atoms with Crippen LogP contribution < -0.4 is 5.32 Å². The summed E-state index contributed by atoms with van der Waals surface area (Å²) in [5.41, 5.74) is 2.32. The number of fused-ring (bicyclic) bond motifs is 2. The van der Waals surface area contributed by atoms with E-state index < -0.39 is 9.84 Å². The number of hydrogen-bond acceptors (Lipinski definition) is 8. The first-order chi connectivity index (χ1) is 14.5. The lowest BCUT2D eigenvalue weighted by molar-refractivity contribution is 0.462. The summed E-state index contributed by atoms with van der Waals surface area (Å²) in [5, 5.41) is 14.9. The lowest BCUT2D eigenvalue weighted by atomic mass is 10.1. The standard InChI is InChI=1S/C19H16N6O3S2/c1-2-30(27,28)15-10-23-19(29-15)24-16-17-20-5-6-25(17)14(9-21-16)11-3-4-13-12(7-11)8-22-18(13)26/h3-10,22,26H,2H2,1H3,(H,21,23,24). The SMILES string of the molecule is CCS(=O)(=O)c1cnc(Nc2ncc(-c3ccc4c(O)[nH]cc4c3)n3ccnc23)s1. The molecule has 0 fully saturated rings. The van der Waals surface area contributed by atoms with Gasteiger partial charge in [-0.05, 0) is 12.1 Å². The number of benzene rings is 1. The molecule has 0 aliphatic heterocycles. The van der Waals surface area contributed by atoms with Crippen molar-refractivity contribution < 1.29 is 13.5 Å². The van der Waals surface area contributed by atoms with Gasteiger partial charge in [-0.2, -0.15) is 0 Å². The maximum Gasteiger partial charge on any atom is 0.196 e. The second-order valence-electron chi connectivity index (χ2n) is 6.57. The molecule has 0 bridgehead atoms. The first-order valence-corrected chi connectivity index (χ1v) is 11.5. The second-order valence-corrected chi connectivity index (χ2v) is 10.1. The number of aromatic amines is 1. The molecule has 0 radical (unpaired) electrons. The highest BCUT2D eigenvalue weighted by atomic mass is 32.2. The largest absolute Gasteiger partial charge is 0.494 e. The minimum Gasteiger partial charge on any atom is -0.494 e. The number of aromatic hydroxyl groups is 1. The summed E-state index contributed by atoms with van der Waals surface area (Å²) < 4.78 is 26.2. The van der Waals surface area contributed by atoms with Crippen molar-refractivity contribution in [2.24, 2.45) is 0 Å². The van der Waals surface area contributed by atoms with E-state index >= 15 is 0 Å². The second kappa shape index (κ2) is 6.82. The van der Waals surface area contributed by atoms with Crippen LogP contribution in [0.2, 0.25) is 0 Å². The number of thiazole rings is 1. The van der Waals surface area contributed by atoms with E-state index in [1.54, 1.807) is 25.5 Å². The molecule has 0 saturated carbocycles. The highest BCUT2D eigenvalue weighted by Crippen LogP contribution is 2.31. The molecule has 9 nitrogen and oxygen atoms in total. The number of sulfone groups is 1. The van der Waals surface area contributed by atoms with Crippen LogP contribution in [-0.2, 0) is 9.84 Å². The third kappa shape index (κ3) is 2.99. The Morgan fingerprint density at radius 1 is 1.23 bits per heavy atom. The third-order valence-electron chi connectivity index (χ3n) is 4.79. The van der Waals surface area contributed by atoms with Crippen molar-refractivity contribution in [3.8, 4) is 17.1 Å². The summed E-state index contributed by atoms with van der Waals surface area (Å²) in [5.74, 6) is 0.629. The fraction of sp³-hybridized carbons (Fsp3) is 0.105. The van der Waals surface area contributed by atoms with E-state index in [1.165, 1.54) is 6.20 Å². The quantitative estimate of drug-likeness (QED) is 0.381. The molecule has 0 spiro atoms. The molecule has 0 saturated heterocycles. The molecule has 4 heterocycles. The Hall–Kier alpha value is -3.44. The molecule has 0 atom stereocenters. The zero-order chi connectivity index (χ0) is 20.9. The van der Waals surface area contributed by atoms with Gasteiger partial charge in [0.2, 0.25) is 0 Å². The van der Waals surface area contributed by atoms with Gasteiger partial charge in [0.25, 0.3) is 0 Å². The van der Waals surface area contributed by atoms with E-state index in [9.17, 15) is 13.5 Å². The van der Waals surface area contributed by atoms with Crippen LogP contribution in [0, 0.1) is 0 Å². The Morgan fingerprint density at radius 2 is 2.10 bits per heavy atom. The van der Waals surface area contributed by atoms with Gasteiger partial charge in [-0.25, -0.2) is 23.4 Å². The van der Waals surface area contributed by atoms with Gasteiger partial charge in [0, 0.05) is 34.9 Å². The van der Waals surface area contributed by atoms with Crippen molar-refractivity contribution >= 4 is 48.5 Å². The van der Waals surface area contributed by atoms with E-state index in [0.717, 1.165) is 33.4 Å². The fourth-order valence-electron chi connectivity index (χ4n) is 3.21. The van der Waals surface area contributed by atoms with Crippen molar-refractivity contribution in [2.75, 3.05) is 11.1 Å². The molecule has 1 aromatic carbocycles. The lowest BCUT2D eigenvalue weighted by Crippen LogP contribution is -2.01. The minimum atomic E-state index is -3.31. The summed E-state index contributed by atoms with van der Waals surface area (Å²) >= 11 is 1.06. The molecule has 0 amide bonds. The molecular weight excluding hydrogens is 424 g/mol. The zero-order valence-electron chi connectivity index (χ0n) is 15.7. The monoisotopic (exact) mass is 440 g/mol. The number of rotatable bonds is 5. The summed E-state index contributed by atoms with van der Waals surface area (Å²) in [4.78, 5) is 15.8. The number of aromatic nitrogens is 5. The Labute approximate surface area is 175 Å².